The van der Waals surface area contributed by atoms with Gasteiger partial charge in [0, 0.05) is 35.4 Å². The molecule has 3 rings (SSSR count). The van der Waals surface area contributed by atoms with Crippen LogP contribution in [0.15, 0.2) is 23.2 Å². The van der Waals surface area contributed by atoms with Gasteiger partial charge in [-0.15, -0.1) is 0 Å². The van der Waals surface area contributed by atoms with Crippen LogP contribution in [-0.2, 0) is 4.79 Å². The van der Waals surface area contributed by atoms with Crippen LogP contribution in [0.3, 0.4) is 0 Å². The zero-order valence-corrected chi connectivity index (χ0v) is 19.1. The molecule has 0 radical (unpaired) electrons. The molecule has 0 spiro atoms. The first-order valence-corrected chi connectivity index (χ1v) is 11.0. The number of hydrogen-bond acceptors (Lipinski definition) is 4. The van der Waals surface area contributed by atoms with Crippen molar-refractivity contribution in [3.63, 3.8) is 0 Å². The Labute approximate surface area is 187 Å². The molecule has 0 saturated carbocycles. The number of carbonyl (C=O) groups excluding carboxylic acids is 2. The van der Waals surface area contributed by atoms with E-state index >= 15 is 0 Å². The number of nitrogens with one attached hydrogen (secondary N) is 1. The quantitative estimate of drug-likeness (QED) is 0.699. The summed E-state index contributed by atoms with van der Waals surface area (Å²) < 4.78 is 0. The van der Waals surface area contributed by atoms with E-state index in [4.69, 9.17) is 28.9 Å². The van der Waals surface area contributed by atoms with Crippen molar-refractivity contribution in [1.29, 1.82) is 0 Å². The predicted octanol–water partition coefficient (Wildman–Crippen LogP) is 4.20. The Morgan fingerprint density at radius 1 is 1.27 bits per heavy atom. The Balaban J connectivity index is 1.53. The van der Waals surface area contributed by atoms with E-state index < -0.39 is 5.54 Å². The van der Waals surface area contributed by atoms with Crippen LogP contribution in [0.4, 0.5) is 10.5 Å². The van der Waals surface area contributed by atoms with Crippen LogP contribution in [0.25, 0.3) is 0 Å². The van der Waals surface area contributed by atoms with Crippen molar-refractivity contribution in [3.8, 4) is 0 Å². The third kappa shape index (κ3) is 5.19. The second kappa shape index (κ2) is 9.02. The molecule has 30 heavy (non-hydrogen) atoms. The number of amides is 3. The molecule has 1 unspecified atom stereocenters. The average Bonchev–Trinajstić information content (AvgIpc) is 2.83. The van der Waals surface area contributed by atoms with Gasteiger partial charge in [-0.05, 0) is 56.2 Å². The lowest BCUT2D eigenvalue weighted by Crippen LogP contribution is -2.48. The number of aliphatic imine (C=N–C) groups is 1. The van der Waals surface area contributed by atoms with E-state index in [1.54, 1.807) is 28.0 Å². The Bertz CT molecular complexity index is 832. The highest BCUT2D eigenvalue weighted by Gasteiger charge is 2.44. The summed E-state index contributed by atoms with van der Waals surface area (Å²) in [6.45, 7) is 7.76. The molecule has 0 aliphatic carbocycles. The van der Waals surface area contributed by atoms with E-state index in [1.807, 2.05) is 6.92 Å². The molecule has 3 amide bonds. The molecule has 0 bridgehead atoms. The van der Waals surface area contributed by atoms with Gasteiger partial charge < -0.3 is 16.0 Å². The van der Waals surface area contributed by atoms with Crippen molar-refractivity contribution in [2.24, 2.45) is 22.6 Å². The first kappa shape index (κ1) is 22.7. The summed E-state index contributed by atoms with van der Waals surface area (Å²) >= 11 is 12.0. The molecule has 1 aromatic carbocycles. The first-order valence-electron chi connectivity index (χ1n) is 10.3. The zero-order chi connectivity index (χ0) is 22.1. The van der Waals surface area contributed by atoms with Gasteiger partial charge in [0.2, 0.25) is 0 Å². The third-order valence-electron chi connectivity index (χ3n) is 5.61. The van der Waals surface area contributed by atoms with Gasteiger partial charge in [0.1, 0.15) is 5.54 Å². The molecule has 2 aliphatic rings. The van der Waals surface area contributed by atoms with Crippen LogP contribution in [0.5, 0.6) is 0 Å². The fourth-order valence-corrected chi connectivity index (χ4v) is 4.79. The number of carbonyl (C=O) groups is 2. The lowest BCUT2D eigenvalue weighted by molar-refractivity contribution is -0.131. The molecule has 2 aliphatic heterocycles. The Morgan fingerprint density at radius 3 is 2.43 bits per heavy atom. The average molecular weight is 454 g/mol. The van der Waals surface area contributed by atoms with E-state index in [2.05, 4.69) is 24.2 Å². The van der Waals surface area contributed by atoms with Gasteiger partial charge in [-0.1, -0.05) is 37.0 Å². The molecule has 1 aromatic rings. The summed E-state index contributed by atoms with van der Waals surface area (Å²) in [5.74, 6) is 0.910. The van der Waals surface area contributed by atoms with Crippen molar-refractivity contribution in [1.82, 2.24) is 9.80 Å². The summed E-state index contributed by atoms with van der Waals surface area (Å²) in [5, 5.41) is 3.77. The highest BCUT2D eigenvalue weighted by molar-refractivity contribution is 6.35. The van der Waals surface area contributed by atoms with E-state index in [-0.39, 0.29) is 17.9 Å². The summed E-state index contributed by atoms with van der Waals surface area (Å²) in [6.07, 6.45) is 2.26. The molecular formula is C21H29Cl2N5O2. The van der Waals surface area contributed by atoms with Gasteiger partial charge in [0.05, 0.1) is 0 Å². The normalized spacial score (nSPS) is 22.6. The van der Waals surface area contributed by atoms with Gasteiger partial charge in [0.25, 0.3) is 5.91 Å². The van der Waals surface area contributed by atoms with Crippen molar-refractivity contribution < 1.29 is 9.59 Å². The highest BCUT2D eigenvalue weighted by atomic mass is 35.5. The number of guanidine groups is 1. The largest absolute Gasteiger partial charge is 0.369 e. The number of halogens is 2. The molecule has 7 nitrogen and oxygen atoms in total. The molecule has 9 heteroatoms. The second-order valence-electron chi connectivity index (χ2n) is 8.78. The summed E-state index contributed by atoms with van der Waals surface area (Å²) in [7, 11) is 0. The monoisotopic (exact) mass is 453 g/mol. The fourth-order valence-electron chi connectivity index (χ4n) is 4.27. The van der Waals surface area contributed by atoms with Gasteiger partial charge >= 0.3 is 6.03 Å². The van der Waals surface area contributed by atoms with Crippen LogP contribution in [0.2, 0.25) is 10.0 Å². The molecule has 1 fully saturated rings. The molecule has 1 atom stereocenters. The van der Waals surface area contributed by atoms with Gasteiger partial charge in [0.15, 0.2) is 5.96 Å². The Hall–Kier alpha value is -1.99. The maximum Gasteiger partial charge on any atom is 0.321 e. The molecule has 2 heterocycles. The predicted molar refractivity (Wildman–Crippen MR) is 121 cm³/mol. The van der Waals surface area contributed by atoms with Crippen LogP contribution >= 0.6 is 23.2 Å². The van der Waals surface area contributed by atoms with Crippen molar-refractivity contribution in [3.05, 3.63) is 28.2 Å². The van der Waals surface area contributed by atoms with Crippen LogP contribution in [0.1, 0.15) is 40.0 Å². The minimum atomic E-state index is -0.767. The summed E-state index contributed by atoms with van der Waals surface area (Å²) in [6, 6.07) is 4.75. The number of nitrogens with zero attached hydrogens (tertiary/aromatic N) is 3. The van der Waals surface area contributed by atoms with Crippen LogP contribution in [0, 0.1) is 11.8 Å². The number of rotatable bonds is 5. The van der Waals surface area contributed by atoms with E-state index in [1.165, 1.54) is 0 Å². The maximum atomic E-state index is 12.9. The lowest BCUT2D eigenvalue weighted by atomic mass is 9.90. The number of nitrogens with two attached hydrogens (primary N) is 1. The molecule has 3 N–H and O–H groups in total. The lowest BCUT2D eigenvalue weighted by Gasteiger charge is -2.34. The second-order valence-corrected chi connectivity index (χ2v) is 9.65. The molecule has 164 valence electrons. The van der Waals surface area contributed by atoms with Crippen molar-refractivity contribution in [2.45, 2.75) is 45.6 Å². The molecule has 1 saturated heterocycles. The summed E-state index contributed by atoms with van der Waals surface area (Å²) in [5.41, 5.74) is 5.88. The SMILES string of the molecule is CC(C)CC1(C)N=C(N)N(CC2CCN(C(=O)Nc3cc(Cl)cc(Cl)c3)CC2)C1=O. The van der Waals surface area contributed by atoms with Gasteiger partial charge in [-0.3, -0.25) is 9.69 Å². The molecular weight excluding hydrogens is 425 g/mol. The highest BCUT2D eigenvalue weighted by Crippen LogP contribution is 2.30. The number of likely N-dealkylation sites (tertiary alicyclic amines) is 1. The number of benzene rings is 1. The van der Waals surface area contributed by atoms with E-state index in [9.17, 15) is 9.59 Å². The first-order chi connectivity index (χ1) is 14.1. The Morgan fingerprint density at radius 2 is 1.87 bits per heavy atom. The number of urea groups is 1. The van der Waals surface area contributed by atoms with Crippen molar-refractivity contribution in [2.75, 3.05) is 25.0 Å². The number of anilines is 1. The number of piperidine rings is 1. The standard InChI is InChI=1S/C21H29Cl2N5O2/c1-13(2)11-21(3)18(29)28(19(24)26-21)12-14-4-6-27(7-5-14)20(30)25-17-9-15(22)8-16(23)10-17/h8-10,13-14H,4-7,11-12H2,1-3H3,(H2,24,26)(H,25,30). The smallest absolute Gasteiger partial charge is 0.321 e. The van der Waals surface area contributed by atoms with Gasteiger partial charge in [-0.2, -0.15) is 0 Å². The third-order valence-corrected chi connectivity index (χ3v) is 6.04. The zero-order valence-electron chi connectivity index (χ0n) is 17.6. The van der Waals surface area contributed by atoms with Crippen LogP contribution < -0.4 is 11.1 Å². The fraction of sp³-hybridized carbons (Fsp3) is 0.571. The maximum absolute atomic E-state index is 12.9. The Kier molecular flexibility index (Phi) is 6.82. The summed E-state index contributed by atoms with van der Waals surface area (Å²) in [4.78, 5) is 33.3. The minimum Gasteiger partial charge on any atom is -0.369 e. The topological polar surface area (TPSA) is 91.0 Å². The molecule has 0 aromatic heterocycles. The van der Waals surface area contributed by atoms with Crippen LogP contribution in [-0.4, -0.2) is 52.9 Å². The van der Waals surface area contributed by atoms with E-state index in [0.29, 0.717) is 53.7 Å². The van der Waals surface area contributed by atoms with Gasteiger partial charge in [-0.25, -0.2) is 9.79 Å². The van der Waals surface area contributed by atoms with E-state index in [0.717, 1.165) is 12.8 Å². The number of hydrogen-bond donors (Lipinski definition) is 2. The minimum absolute atomic E-state index is 0.0216. The van der Waals surface area contributed by atoms with Crippen molar-refractivity contribution >= 4 is 46.8 Å².